The molecule has 0 heterocycles. The number of halogens is 2. The number of non-ortho nitro benzene ring substituents is 1. The van der Waals surface area contributed by atoms with Crippen LogP contribution >= 0.6 is 23.2 Å². The number of nitrogens with zero attached hydrogens (tertiary/aromatic N) is 1. The van der Waals surface area contributed by atoms with Gasteiger partial charge in [-0.2, -0.15) is 0 Å². The van der Waals surface area contributed by atoms with Crippen molar-refractivity contribution < 1.29 is 14.5 Å². The predicted molar refractivity (Wildman–Crippen MR) is 62.0 cm³/mol. The Bertz CT molecular complexity index is 444. The molecule has 0 fully saturated rings. The highest BCUT2D eigenvalue weighted by Gasteiger charge is 2.23. The normalized spacial score (nSPS) is 10.3. The highest BCUT2D eigenvalue weighted by atomic mass is 35.5. The third kappa shape index (κ3) is 3.80. The monoisotopic (exact) mass is 275 g/mol. The summed E-state index contributed by atoms with van der Waals surface area (Å²) < 4.78 is 0. The fourth-order valence-electron chi connectivity index (χ4n) is 1.24. The second kappa shape index (κ2) is 5.75. The van der Waals surface area contributed by atoms with E-state index in [2.05, 4.69) is 0 Å². The predicted octanol–water partition coefficient (Wildman–Crippen LogP) is 2.28. The van der Waals surface area contributed by atoms with Gasteiger partial charge in [0.25, 0.3) is 5.69 Å². The molecule has 0 bridgehead atoms. The van der Waals surface area contributed by atoms with Crippen molar-refractivity contribution in [3.8, 4) is 0 Å². The lowest BCUT2D eigenvalue weighted by Crippen LogP contribution is -2.18. The molecule has 0 unspecified atom stereocenters. The lowest BCUT2D eigenvalue weighted by Gasteiger charge is -2.06. The molecule has 1 aromatic carbocycles. The van der Waals surface area contributed by atoms with Crippen molar-refractivity contribution in [1.29, 1.82) is 0 Å². The smallest absolute Gasteiger partial charge is 0.269 e. The second-order valence-corrected chi connectivity index (χ2v) is 4.03. The second-order valence-electron chi connectivity index (χ2n) is 3.29. The van der Waals surface area contributed by atoms with Crippen molar-refractivity contribution in [1.82, 2.24) is 0 Å². The molecule has 90 valence electrons. The van der Waals surface area contributed by atoms with Crippen molar-refractivity contribution >= 4 is 39.4 Å². The van der Waals surface area contributed by atoms with Crippen LogP contribution in [0.25, 0.3) is 0 Å². The first kappa shape index (κ1) is 13.6. The van der Waals surface area contributed by atoms with Gasteiger partial charge in [-0.25, -0.2) is 0 Å². The maximum absolute atomic E-state index is 10.9. The average molecular weight is 276 g/mol. The standard InChI is InChI=1S/C10H7Cl2NO4/c11-9(14)8(10(12)15)5-6-1-3-7(4-2-6)13(16)17/h1-4,8H,5H2. The van der Waals surface area contributed by atoms with Gasteiger partial charge < -0.3 is 0 Å². The Balaban J connectivity index is 2.84. The van der Waals surface area contributed by atoms with Gasteiger partial charge in [0.1, 0.15) is 5.92 Å². The van der Waals surface area contributed by atoms with Gasteiger partial charge in [0.05, 0.1) is 4.92 Å². The molecule has 17 heavy (non-hydrogen) atoms. The quantitative estimate of drug-likeness (QED) is 0.358. The Kier molecular flexibility index (Phi) is 4.60. The third-order valence-corrected chi connectivity index (χ3v) is 2.66. The zero-order chi connectivity index (χ0) is 13.0. The van der Waals surface area contributed by atoms with Crippen LogP contribution in [0.3, 0.4) is 0 Å². The summed E-state index contributed by atoms with van der Waals surface area (Å²) in [4.78, 5) is 31.7. The van der Waals surface area contributed by atoms with Crippen molar-refractivity contribution in [2.24, 2.45) is 5.92 Å². The summed E-state index contributed by atoms with van der Waals surface area (Å²) in [6, 6.07) is 5.46. The van der Waals surface area contributed by atoms with E-state index in [0.717, 1.165) is 0 Å². The van der Waals surface area contributed by atoms with Gasteiger partial charge in [-0.3, -0.25) is 19.7 Å². The van der Waals surface area contributed by atoms with Crippen LogP contribution < -0.4 is 0 Å². The summed E-state index contributed by atoms with van der Waals surface area (Å²) in [7, 11) is 0. The fraction of sp³-hybridized carbons (Fsp3) is 0.200. The number of carbonyl (C=O) groups excluding carboxylic acids is 2. The van der Waals surface area contributed by atoms with Gasteiger partial charge in [-0.05, 0) is 35.2 Å². The maximum atomic E-state index is 10.9. The minimum Gasteiger partial charge on any atom is -0.280 e. The third-order valence-electron chi connectivity index (χ3n) is 2.13. The number of hydrogen-bond donors (Lipinski definition) is 0. The molecule has 0 N–H and O–H groups in total. The van der Waals surface area contributed by atoms with Gasteiger partial charge in [0.15, 0.2) is 0 Å². The van der Waals surface area contributed by atoms with Crippen LogP contribution in [0.4, 0.5) is 5.69 Å². The number of carbonyl (C=O) groups is 2. The van der Waals surface area contributed by atoms with E-state index in [0.29, 0.717) is 5.56 Å². The van der Waals surface area contributed by atoms with Crippen LogP contribution in [0.15, 0.2) is 24.3 Å². The zero-order valence-corrected chi connectivity index (χ0v) is 9.94. The van der Waals surface area contributed by atoms with E-state index in [9.17, 15) is 19.7 Å². The molecule has 0 radical (unpaired) electrons. The fourth-order valence-corrected chi connectivity index (χ4v) is 1.65. The molecule has 1 aromatic rings. The number of benzene rings is 1. The molecule has 0 saturated carbocycles. The Morgan fingerprint density at radius 2 is 1.65 bits per heavy atom. The topological polar surface area (TPSA) is 77.3 Å². The molecule has 0 amide bonds. The van der Waals surface area contributed by atoms with Gasteiger partial charge in [0, 0.05) is 12.1 Å². The van der Waals surface area contributed by atoms with Gasteiger partial charge in [-0.15, -0.1) is 0 Å². The van der Waals surface area contributed by atoms with Crippen LogP contribution in [-0.2, 0) is 16.0 Å². The molecular formula is C10H7Cl2NO4. The first-order valence-corrected chi connectivity index (χ1v) is 5.29. The Hall–Kier alpha value is -1.46. The molecule has 0 aliphatic heterocycles. The van der Waals surface area contributed by atoms with Crippen LogP contribution in [0.1, 0.15) is 5.56 Å². The van der Waals surface area contributed by atoms with E-state index in [4.69, 9.17) is 23.2 Å². The zero-order valence-electron chi connectivity index (χ0n) is 8.43. The van der Waals surface area contributed by atoms with E-state index >= 15 is 0 Å². The van der Waals surface area contributed by atoms with Gasteiger partial charge >= 0.3 is 0 Å². The van der Waals surface area contributed by atoms with Crippen molar-refractivity contribution in [3.05, 3.63) is 39.9 Å². The summed E-state index contributed by atoms with van der Waals surface area (Å²) in [6.07, 6.45) is 0.0304. The van der Waals surface area contributed by atoms with Gasteiger partial charge in [0.2, 0.25) is 10.5 Å². The van der Waals surface area contributed by atoms with Gasteiger partial charge in [-0.1, -0.05) is 12.1 Å². The summed E-state index contributed by atoms with van der Waals surface area (Å²) in [5.41, 5.74) is 0.503. The highest BCUT2D eigenvalue weighted by molar-refractivity contribution is 6.73. The molecule has 0 spiro atoms. The number of rotatable bonds is 5. The van der Waals surface area contributed by atoms with E-state index < -0.39 is 21.3 Å². The largest absolute Gasteiger partial charge is 0.280 e. The first-order valence-electron chi connectivity index (χ1n) is 4.54. The molecule has 5 nitrogen and oxygen atoms in total. The molecule has 7 heteroatoms. The minimum atomic E-state index is -1.13. The number of nitro groups is 1. The molecule has 0 atom stereocenters. The summed E-state index contributed by atoms with van der Waals surface area (Å²) in [5.74, 6) is -1.13. The average Bonchev–Trinajstić information content (AvgIpc) is 2.25. The molecule has 1 rings (SSSR count). The first-order chi connectivity index (χ1) is 7.91. The van der Waals surface area contributed by atoms with Crippen LogP contribution in [0, 0.1) is 16.0 Å². The summed E-state index contributed by atoms with van der Waals surface area (Å²) in [5, 5.41) is 8.72. The molecular weight excluding hydrogens is 269 g/mol. The number of nitro benzene ring substituents is 1. The Morgan fingerprint density at radius 3 is 2.00 bits per heavy atom. The SMILES string of the molecule is O=C(Cl)C(Cc1ccc([N+](=O)[O-])cc1)C(=O)Cl. The van der Waals surface area contributed by atoms with Crippen molar-refractivity contribution in [3.63, 3.8) is 0 Å². The molecule has 0 aromatic heterocycles. The van der Waals surface area contributed by atoms with Crippen LogP contribution in [-0.4, -0.2) is 15.4 Å². The molecule has 0 saturated heterocycles. The lowest BCUT2D eigenvalue weighted by atomic mass is 10.0. The minimum absolute atomic E-state index is 0.0304. The van der Waals surface area contributed by atoms with Crippen molar-refractivity contribution in [2.45, 2.75) is 6.42 Å². The van der Waals surface area contributed by atoms with E-state index in [1.807, 2.05) is 0 Å². The van der Waals surface area contributed by atoms with Crippen LogP contribution in [0.5, 0.6) is 0 Å². The summed E-state index contributed by atoms with van der Waals surface area (Å²) >= 11 is 10.4. The van der Waals surface area contributed by atoms with Crippen LogP contribution in [0.2, 0.25) is 0 Å². The Morgan fingerprint density at radius 1 is 1.18 bits per heavy atom. The Labute approximate surface area is 106 Å². The molecule has 0 aliphatic carbocycles. The van der Waals surface area contributed by atoms with Crippen molar-refractivity contribution in [2.75, 3.05) is 0 Å². The molecule has 0 aliphatic rings. The lowest BCUT2D eigenvalue weighted by molar-refractivity contribution is -0.384. The maximum Gasteiger partial charge on any atom is 0.269 e. The number of hydrogen-bond acceptors (Lipinski definition) is 4. The van der Waals surface area contributed by atoms with E-state index in [1.54, 1.807) is 0 Å². The summed E-state index contributed by atoms with van der Waals surface area (Å²) in [6.45, 7) is 0. The highest BCUT2D eigenvalue weighted by Crippen LogP contribution is 2.18. The van der Waals surface area contributed by atoms with E-state index in [-0.39, 0.29) is 12.1 Å². The van der Waals surface area contributed by atoms with E-state index in [1.165, 1.54) is 24.3 Å².